The van der Waals surface area contributed by atoms with E-state index in [-0.39, 0.29) is 22.7 Å². The molecule has 0 atom stereocenters. The zero-order valence-electron chi connectivity index (χ0n) is 11.5. The van der Waals surface area contributed by atoms with E-state index in [1.165, 1.54) is 24.3 Å². The minimum Gasteiger partial charge on any atom is -0.506 e. The van der Waals surface area contributed by atoms with E-state index < -0.39 is 5.63 Å². The van der Waals surface area contributed by atoms with Crippen molar-refractivity contribution in [3.8, 4) is 5.75 Å². The Morgan fingerprint density at radius 1 is 1.35 bits per heavy atom. The summed E-state index contributed by atoms with van der Waals surface area (Å²) in [5, 5.41) is 10.6. The van der Waals surface area contributed by atoms with Crippen molar-refractivity contribution in [1.29, 1.82) is 0 Å². The molecule has 1 heterocycles. The third-order valence-corrected chi connectivity index (χ3v) is 2.87. The Kier molecular flexibility index (Phi) is 3.61. The maximum absolute atomic E-state index is 12.0. The number of phenols is 1. The van der Waals surface area contributed by atoms with Crippen molar-refractivity contribution in [2.75, 3.05) is 14.1 Å². The number of ketones is 1. The van der Waals surface area contributed by atoms with Gasteiger partial charge in [-0.15, -0.1) is 0 Å². The van der Waals surface area contributed by atoms with Crippen molar-refractivity contribution in [2.45, 2.75) is 6.92 Å². The lowest BCUT2D eigenvalue weighted by Gasteiger charge is -2.07. The van der Waals surface area contributed by atoms with Gasteiger partial charge in [0.2, 0.25) is 0 Å². The number of carbonyl (C=O) groups is 1. The van der Waals surface area contributed by atoms with Gasteiger partial charge < -0.3 is 14.4 Å². The number of fused-ring (bicyclic) bond motifs is 1. The summed E-state index contributed by atoms with van der Waals surface area (Å²) in [6.07, 6.45) is 2.97. The summed E-state index contributed by atoms with van der Waals surface area (Å²) in [5.74, 6) is -0.485. The van der Waals surface area contributed by atoms with Crippen LogP contribution in [0.4, 0.5) is 0 Å². The lowest BCUT2D eigenvalue weighted by Crippen LogP contribution is -2.04. The number of aryl methyl sites for hydroxylation is 1. The molecule has 0 aliphatic carbocycles. The topological polar surface area (TPSA) is 70.8 Å². The number of aromatic hydroxyl groups is 1. The van der Waals surface area contributed by atoms with Crippen LogP contribution in [0.1, 0.15) is 15.9 Å². The molecule has 0 fully saturated rings. The third kappa shape index (κ3) is 2.56. The number of nitrogens with zero attached hydrogens (tertiary/aromatic N) is 1. The minimum absolute atomic E-state index is 0.169. The van der Waals surface area contributed by atoms with Crippen molar-refractivity contribution >= 4 is 16.8 Å². The largest absolute Gasteiger partial charge is 0.506 e. The lowest BCUT2D eigenvalue weighted by molar-refractivity contribution is 0.104. The Balaban J connectivity index is 2.60. The first-order chi connectivity index (χ1) is 9.40. The molecule has 0 amide bonds. The smallest absolute Gasteiger partial charge is 0.336 e. The Hall–Kier alpha value is -2.56. The first-order valence-corrected chi connectivity index (χ1v) is 6.05. The maximum atomic E-state index is 12.0. The Labute approximate surface area is 115 Å². The Morgan fingerprint density at radius 2 is 2.05 bits per heavy atom. The van der Waals surface area contributed by atoms with Crippen LogP contribution in [-0.2, 0) is 0 Å². The molecular formula is C15H15NO4. The summed E-state index contributed by atoms with van der Waals surface area (Å²) in [4.78, 5) is 25.0. The van der Waals surface area contributed by atoms with E-state index in [9.17, 15) is 14.7 Å². The molecule has 0 bridgehead atoms. The molecular weight excluding hydrogens is 258 g/mol. The van der Waals surface area contributed by atoms with Crippen LogP contribution in [-0.4, -0.2) is 29.9 Å². The van der Waals surface area contributed by atoms with Gasteiger partial charge in [0.15, 0.2) is 5.78 Å². The van der Waals surface area contributed by atoms with Gasteiger partial charge in [0.05, 0.1) is 10.9 Å². The highest BCUT2D eigenvalue weighted by atomic mass is 16.4. The third-order valence-electron chi connectivity index (χ3n) is 2.87. The van der Waals surface area contributed by atoms with Crippen LogP contribution in [0, 0.1) is 6.92 Å². The summed E-state index contributed by atoms with van der Waals surface area (Å²) in [5.41, 5.74) is 0.522. The monoisotopic (exact) mass is 273 g/mol. The molecule has 1 aromatic heterocycles. The van der Waals surface area contributed by atoms with Gasteiger partial charge in [-0.25, -0.2) is 4.79 Å². The highest BCUT2D eigenvalue weighted by Crippen LogP contribution is 2.30. The second-order valence-electron chi connectivity index (χ2n) is 4.73. The SMILES string of the molecule is Cc1cc(=O)oc2ccc(C(=O)/C=C/N(C)C)c(O)c12. The number of rotatable bonds is 3. The van der Waals surface area contributed by atoms with Crippen LogP contribution in [0.5, 0.6) is 5.75 Å². The molecule has 0 radical (unpaired) electrons. The number of phenolic OH excluding ortho intramolecular Hbond substituents is 1. The fraction of sp³-hybridized carbons (Fsp3) is 0.200. The van der Waals surface area contributed by atoms with Crippen molar-refractivity contribution in [3.05, 3.63) is 52.0 Å². The molecule has 104 valence electrons. The van der Waals surface area contributed by atoms with Crippen LogP contribution in [0.15, 0.2) is 39.7 Å². The zero-order valence-corrected chi connectivity index (χ0v) is 11.5. The average molecular weight is 273 g/mol. The number of hydrogen-bond donors (Lipinski definition) is 1. The van der Waals surface area contributed by atoms with E-state index in [0.717, 1.165) is 0 Å². The fourth-order valence-electron chi connectivity index (χ4n) is 1.93. The Bertz CT molecular complexity index is 756. The fourth-order valence-corrected chi connectivity index (χ4v) is 1.93. The van der Waals surface area contributed by atoms with Crippen LogP contribution < -0.4 is 5.63 Å². The van der Waals surface area contributed by atoms with Gasteiger partial charge in [0, 0.05) is 32.4 Å². The predicted octanol–water partition coefficient (Wildman–Crippen LogP) is 2.07. The summed E-state index contributed by atoms with van der Waals surface area (Å²) in [6, 6.07) is 4.24. The van der Waals surface area contributed by atoms with E-state index in [1.807, 2.05) is 0 Å². The molecule has 2 aromatic rings. The molecule has 0 saturated carbocycles. The first-order valence-electron chi connectivity index (χ1n) is 6.05. The van der Waals surface area contributed by atoms with E-state index in [4.69, 9.17) is 4.42 Å². The second kappa shape index (κ2) is 5.21. The molecule has 2 rings (SSSR count). The molecule has 0 spiro atoms. The number of hydrogen-bond acceptors (Lipinski definition) is 5. The van der Waals surface area contributed by atoms with E-state index >= 15 is 0 Å². The molecule has 0 aliphatic rings. The van der Waals surface area contributed by atoms with Crippen molar-refractivity contribution in [2.24, 2.45) is 0 Å². The number of carbonyl (C=O) groups excluding carboxylic acids is 1. The summed E-state index contributed by atoms with van der Waals surface area (Å²) < 4.78 is 5.00. The maximum Gasteiger partial charge on any atom is 0.336 e. The van der Waals surface area contributed by atoms with Crippen molar-refractivity contribution in [3.63, 3.8) is 0 Å². The van der Waals surface area contributed by atoms with E-state index in [0.29, 0.717) is 10.9 Å². The van der Waals surface area contributed by atoms with E-state index in [1.54, 1.807) is 32.1 Å². The van der Waals surface area contributed by atoms with Gasteiger partial charge in [-0.3, -0.25) is 4.79 Å². The predicted molar refractivity (Wildman–Crippen MR) is 76.0 cm³/mol. The highest BCUT2D eigenvalue weighted by Gasteiger charge is 2.15. The van der Waals surface area contributed by atoms with Crippen LogP contribution in [0.3, 0.4) is 0 Å². The lowest BCUT2D eigenvalue weighted by atomic mass is 10.0. The van der Waals surface area contributed by atoms with Gasteiger partial charge in [0.1, 0.15) is 11.3 Å². The minimum atomic E-state index is -0.485. The summed E-state index contributed by atoms with van der Waals surface area (Å²) >= 11 is 0. The van der Waals surface area contributed by atoms with Crippen molar-refractivity contribution < 1.29 is 14.3 Å². The number of benzene rings is 1. The second-order valence-corrected chi connectivity index (χ2v) is 4.73. The normalized spacial score (nSPS) is 11.2. The highest BCUT2D eigenvalue weighted by molar-refractivity contribution is 6.10. The quantitative estimate of drug-likeness (QED) is 0.526. The molecule has 1 N–H and O–H groups in total. The standard InChI is InChI=1S/C15H15NO4/c1-9-8-13(18)20-12-5-4-10(15(19)14(9)12)11(17)6-7-16(2)3/h4-8,19H,1-3H3/b7-6+. The van der Waals surface area contributed by atoms with Crippen LogP contribution >= 0.6 is 0 Å². The van der Waals surface area contributed by atoms with Crippen molar-refractivity contribution in [1.82, 2.24) is 4.90 Å². The Morgan fingerprint density at radius 3 is 2.70 bits per heavy atom. The first kappa shape index (κ1) is 13.9. The van der Waals surface area contributed by atoms with Gasteiger partial charge in [-0.2, -0.15) is 0 Å². The van der Waals surface area contributed by atoms with E-state index in [2.05, 4.69) is 0 Å². The van der Waals surface area contributed by atoms with Gasteiger partial charge >= 0.3 is 5.63 Å². The average Bonchev–Trinajstić information content (AvgIpc) is 2.35. The molecule has 1 aromatic carbocycles. The zero-order chi connectivity index (χ0) is 14.9. The molecule has 0 aliphatic heterocycles. The number of allylic oxidation sites excluding steroid dienone is 1. The van der Waals surface area contributed by atoms with Crippen LogP contribution in [0.25, 0.3) is 11.0 Å². The summed E-state index contributed by atoms with van der Waals surface area (Å²) in [7, 11) is 3.59. The van der Waals surface area contributed by atoms with Gasteiger partial charge in [-0.1, -0.05) is 0 Å². The molecule has 5 nitrogen and oxygen atoms in total. The van der Waals surface area contributed by atoms with Crippen LogP contribution in [0.2, 0.25) is 0 Å². The molecule has 20 heavy (non-hydrogen) atoms. The molecule has 0 saturated heterocycles. The summed E-state index contributed by atoms with van der Waals surface area (Å²) in [6.45, 7) is 1.68. The molecule has 5 heteroatoms. The molecule has 0 unspecified atom stereocenters. The van der Waals surface area contributed by atoms with Gasteiger partial charge in [0.25, 0.3) is 0 Å². The van der Waals surface area contributed by atoms with Gasteiger partial charge in [-0.05, 0) is 24.6 Å².